The summed E-state index contributed by atoms with van der Waals surface area (Å²) in [6, 6.07) is 9.55. The van der Waals surface area contributed by atoms with Crippen molar-refractivity contribution in [2.24, 2.45) is 0 Å². The first-order valence-electron chi connectivity index (χ1n) is 7.12. The summed E-state index contributed by atoms with van der Waals surface area (Å²) in [7, 11) is 0. The molecule has 0 atom stereocenters. The van der Waals surface area contributed by atoms with Crippen molar-refractivity contribution in [2.45, 2.75) is 38.6 Å². The molecule has 2 aromatic rings. The first-order valence-corrected chi connectivity index (χ1v) is 8.00. The molecule has 0 amide bonds. The van der Waals surface area contributed by atoms with Gasteiger partial charge in [0.25, 0.3) is 0 Å². The molecule has 1 aliphatic rings. The van der Waals surface area contributed by atoms with E-state index in [1.807, 2.05) is 0 Å². The Morgan fingerprint density at radius 1 is 1.26 bits per heavy atom. The van der Waals surface area contributed by atoms with Crippen molar-refractivity contribution in [2.75, 3.05) is 6.54 Å². The summed E-state index contributed by atoms with van der Waals surface area (Å²) in [6.07, 6.45) is 4.85. The van der Waals surface area contributed by atoms with Gasteiger partial charge in [0.2, 0.25) is 0 Å². The van der Waals surface area contributed by atoms with E-state index in [9.17, 15) is 0 Å². The average Bonchev–Trinajstić information content (AvgIpc) is 3.15. The molecule has 1 heterocycles. The van der Waals surface area contributed by atoms with E-state index in [1.54, 1.807) is 11.3 Å². The molecule has 0 aliphatic heterocycles. The molecule has 2 nitrogen and oxygen atoms in total. The standard InChI is InChI=1S/C16H20N2S/c1-2-12-3-5-13(6-4-12)15-11-19-16(18-15)9-10-17-14-7-8-14/h3-6,11,14,17H,2,7-10H2,1H3. The van der Waals surface area contributed by atoms with Crippen LogP contribution in [0.5, 0.6) is 0 Å². The maximum absolute atomic E-state index is 4.73. The number of aryl methyl sites for hydroxylation is 1. The Kier molecular flexibility index (Phi) is 3.95. The van der Waals surface area contributed by atoms with Crippen LogP contribution in [0.2, 0.25) is 0 Å². The summed E-state index contributed by atoms with van der Waals surface area (Å²) in [5.41, 5.74) is 3.73. The van der Waals surface area contributed by atoms with Crippen molar-refractivity contribution in [3.05, 3.63) is 40.2 Å². The molecule has 3 heteroatoms. The van der Waals surface area contributed by atoms with Gasteiger partial charge in [-0.25, -0.2) is 4.98 Å². The highest BCUT2D eigenvalue weighted by molar-refractivity contribution is 7.09. The first kappa shape index (κ1) is 12.8. The van der Waals surface area contributed by atoms with Crippen molar-refractivity contribution < 1.29 is 0 Å². The van der Waals surface area contributed by atoms with Gasteiger partial charge in [-0.15, -0.1) is 11.3 Å². The summed E-state index contributed by atoms with van der Waals surface area (Å²) in [5, 5.41) is 6.95. The van der Waals surface area contributed by atoms with E-state index >= 15 is 0 Å². The normalized spacial score (nSPS) is 14.8. The molecular weight excluding hydrogens is 252 g/mol. The Labute approximate surface area is 118 Å². The second-order valence-electron chi connectivity index (χ2n) is 5.16. The highest BCUT2D eigenvalue weighted by Crippen LogP contribution is 2.23. The molecule has 0 unspecified atom stereocenters. The number of nitrogens with zero attached hydrogens (tertiary/aromatic N) is 1. The molecule has 0 radical (unpaired) electrons. The van der Waals surface area contributed by atoms with Crippen LogP contribution in [0.3, 0.4) is 0 Å². The van der Waals surface area contributed by atoms with E-state index in [1.165, 1.54) is 29.0 Å². The number of aromatic nitrogens is 1. The summed E-state index contributed by atoms with van der Waals surface area (Å²) >= 11 is 1.78. The van der Waals surface area contributed by atoms with Crippen LogP contribution in [0.15, 0.2) is 29.6 Å². The first-order chi connectivity index (χ1) is 9.35. The molecule has 1 aromatic heterocycles. The second kappa shape index (κ2) is 5.85. The van der Waals surface area contributed by atoms with E-state index in [-0.39, 0.29) is 0 Å². The van der Waals surface area contributed by atoms with Crippen LogP contribution in [0.4, 0.5) is 0 Å². The molecule has 3 rings (SSSR count). The molecule has 19 heavy (non-hydrogen) atoms. The van der Waals surface area contributed by atoms with Gasteiger partial charge in [0.15, 0.2) is 0 Å². The molecule has 1 saturated carbocycles. The molecule has 100 valence electrons. The maximum Gasteiger partial charge on any atom is 0.0945 e. The minimum atomic E-state index is 0.793. The van der Waals surface area contributed by atoms with Gasteiger partial charge >= 0.3 is 0 Å². The number of hydrogen-bond acceptors (Lipinski definition) is 3. The average molecular weight is 272 g/mol. The van der Waals surface area contributed by atoms with Crippen LogP contribution < -0.4 is 5.32 Å². The predicted molar refractivity (Wildman–Crippen MR) is 81.7 cm³/mol. The lowest BCUT2D eigenvalue weighted by Crippen LogP contribution is -2.19. The number of thiazole rings is 1. The van der Waals surface area contributed by atoms with Gasteiger partial charge in [-0.1, -0.05) is 31.2 Å². The molecule has 1 aliphatic carbocycles. The summed E-state index contributed by atoms with van der Waals surface area (Å²) < 4.78 is 0. The third-order valence-corrected chi connectivity index (χ3v) is 4.47. The van der Waals surface area contributed by atoms with E-state index in [0.29, 0.717) is 0 Å². The SMILES string of the molecule is CCc1ccc(-c2csc(CCNC3CC3)n2)cc1. The smallest absolute Gasteiger partial charge is 0.0945 e. The lowest BCUT2D eigenvalue weighted by Gasteiger charge is -2.00. The second-order valence-corrected chi connectivity index (χ2v) is 6.10. The van der Waals surface area contributed by atoms with E-state index in [0.717, 1.165) is 31.1 Å². The zero-order chi connectivity index (χ0) is 13.1. The zero-order valence-electron chi connectivity index (χ0n) is 11.4. The van der Waals surface area contributed by atoms with Gasteiger partial charge in [0, 0.05) is 30.0 Å². The molecule has 0 saturated heterocycles. The third kappa shape index (κ3) is 3.43. The molecule has 1 fully saturated rings. The van der Waals surface area contributed by atoms with Gasteiger partial charge in [-0.3, -0.25) is 0 Å². The van der Waals surface area contributed by atoms with E-state index in [2.05, 4.69) is 41.9 Å². The molecule has 1 aromatic carbocycles. The summed E-state index contributed by atoms with van der Waals surface area (Å²) in [6.45, 7) is 3.25. The quantitative estimate of drug-likeness (QED) is 0.868. The van der Waals surface area contributed by atoms with Gasteiger partial charge in [-0.2, -0.15) is 0 Å². The zero-order valence-corrected chi connectivity index (χ0v) is 12.2. The lowest BCUT2D eigenvalue weighted by molar-refractivity contribution is 0.680. The van der Waals surface area contributed by atoms with Crippen molar-refractivity contribution in [1.29, 1.82) is 0 Å². The fraction of sp³-hybridized carbons (Fsp3) is 0.438. The molecule has 0 spiro atoms. The maximum atomic E-state index is 4.73. The fourth-order valence-corrected chi connectivity index (χ4v) is 2.95. The van der Waals surface area contributed by atoms with Crippen LogP contribution >= 0.6 is 11.3 Å². The fourth-order valence-electron chi connectivity index (χ4n) is 2.14. The van der Waals surface area contributed by atoms with E-state index < -0.39 is 0 Å². The molecule has 0 bridgehead atoms. The lowest BCUT2D eigenvalue weighted by atomic mass is 10.1. The van der Waals surface area contributed by atoms with E-state index in [4.69, 9.17) is 4.98 Å². The Morgan fingerprint density at radius 3 is 2.74 bits per heavy atom. The predicted octanol–water partition coefficient (Wildman–Crippen LogP) is 3.67. The van der Waals surface area contributed by atoms with Crippen molar-refractivity contribution in [3.8, 4) is 11.3 Å². The van der Waals surface area contributed by atoms with Crippen LogP contribution in [-0.2, 0) is 12.8 Å². The third-order valence-electron chi connectivity index (χ3n) is 3.56. The topological polar surface area (TPSA) is 24.9 Å². The highest BCUT2D eigenvalue weighted by Gasteiger charge is 2.19. The van der Waals surface area contributed by atoms with Crippen LogP contribution in [0, 0.1) is 0 Å². The van der Waals surface area contributed by atoms with Crippen LogP contribution in [-0.4, -0.2) is 17.6 Å². The minimum absolute atomic E-state index is 0.793. The summed E-state index contributed by atoms with van der Waals surface area (Å²) in [5.74, 6) is 0. The number of rotatable bonds is 6. The Hall–Kier alpha value is -1.19. The van der Waals surface area contributed by atoms with Crippen LogP contribution in [0.25, 0.3) is 11.3 Å². The van der Waals surface area contributed by atoms with Crippen molar-refractivity contribution >= 4 is 11.3 Å². The van der Waals surface area contributed by atoms with Gasteiger partial charge in [0.1, 0.15) is 0 Å². The Balaban J connectivity index is 1.61. The Morgan fingerprint density at radius 2 is 2.05 bits per heavy atom. The van der Waals surface area contributed by atoms with Crippen LogP contribution in [0.1, 0.15) is 30.3 Å². The van der Waals surface area contributed by atoms with Gasteiger partial charge < -0.3 is 5.32 Å². The van der Waals surface area contributed by atoms with Crippen molar-refractivity contribution in [1.82, 2.24) is 10.3 Å². The van der Waals surface area contributed by atoms with Crippen molar-refractivity contribution in [3.63, 3.8) is 0 Å². The molecular formula is C16H20N2S. The van der Waals surface area contributed by atoms with Gasteiger partial charge in [0.05, 0.1) is 10.7 Å². The molecule has 1 N–H and O–H groups in total. The number of hydrogen-bond donors (Lipinski definition) is 1. The minimum Gasteiger partial charge on any atom is -0.314 e. The monoisotopic (exact) mass is 272 g/mol. The number of benzene rings is 1. The highest BCUT2D eigenvalue weighted by atomic mass is 32.1. The number of nitrogens with one attached hydrogen (secondary N) is 1. The Bertz CT molecular complexity index is 526. The summed E-state index contributed by atoms with van der Waals surface area (Å²) in [4.78, 5) is 4.73. The largest absolute Gasteiger partial charge is 0.314 e. The van der Waals surface area contributed by atoms with Gasteiger partial charge in [-0.05, 0) is 24.8 Å².